The van der Waals surface area contributed by atoms with E-state index in [1.165, 1.54) is 55.8 Å². The Morgan fingerprint density at radius 1 is 1.16 bits per heavy atom. The molecule has 3 aromatic rings. The van der Waals surface area contributed by atoms with Crippen molar-refractivity contribution < 1.29 is 37.5 Å². The third-order valence-electron chi connectivity index (χ3n) is 5.15. The summed E-state index contributed by atoms with van der Waals surface area (Å²) in [5, 5.41) is 4.72. The molecule has 0 atom stereocenters. The van der Waals surface area contributed by atoms with Crippen LogP contribution in [0.5, 0.6) is 11.5 Å². The van der Waals surface area contributed by atoms with Crippen molar-refractivity contribution in [3.8, 4) is 11.5 Å². The van der Waals surface area contributed by atoms with Crippen molar-refractivity contribution in [3.63, 3.8) is 0 Å². The maximum Gasteiger partial charge on any atom is 0.331 e. The van der Waals surface area contributed by atoms with Gasteiger partial charge in [-0.3, -0.25) is 24.6 Å². The highest BCUT2D eigenvalue weighted by Crippen LogP contribution is 2.35. The first-order chi connectivity index (χ1) is 17.7. The zero-order valence-corrected chi connectivity index (χ0v) is 20.8. The summed E-state index contributed by atoms with van der Waals surface area (Å²) < 4.78 is 29.6. The second-order valence-electron chi connectivity index (χ2n) is 7.66. The topological polar surface area (TPSA) is 127 Å². The maximum absolute atomic E-state index is 13.0. The molecule has 0 aliphatic carbocycles. The van der Waals surface area contributed by atoms with E-state index in [0.29, 0.717) is 21.5 Å². The summed E-state index contributed by atoms with van der Waals surface area (Å²) in [5.41, 5.74) is 0.507. The van der Waals surface area contributed by atoms with E-state index in [4.69, 9.17) is 13.9 Å². The van der Waals surface area contributed by atoms with Gasteiger partial charge in [0.25, 0.3) is 17.7 Å². The molecule has 4 rings (SSSR count). The minimum absolute atomic E-state index is 0.153. The minimum Gasteiger partial charge on any atom is -0.493 e. The molecule has 10 nitrogen and oxygen atoms in total. The standard InChI is InChI=1S/C25H19BrFN3O7/c1-35-20-10-14(9-18-23(32)29-25(34)30(24(18)33)12-17-3-2-8-36-17)19(26)11-21(20)37-13-22(31)28-16-6-4-15(27)5-7-16/h2-11H,12-13H2,1H3,(H,28,31)(H,29,32,34)/b18-9+. The number of nitrogens with one attached hydrogen (secondary N) is 2. The van der Waals surface area contributed by atoms with Crippen LogP contribution in [0.15, 0.2) is 69.3 Å². The number of carbonyl (C=O) groups is 4. The summed E-state index contributed by atoms with van der Waals surface area (Å²) in [7, 11) is 1.38. The van der Waals surface area contributed by atoms with Crippen molar-refractivity contribution >= 4 is 51.4 Å². The summed E-state index contributed by atoms with van der Waals surface area (Å²) in [6, 6.07) is 10.6. The first-order valence-electron chi connectivity index (χ1n) is 10.7. The number of anilines is 1. The molecule has 1 aromatic heterocycles. The van der Waals surface area contributed by atoms with Crippen molar-refractivity contribution in [2.24, 2.45) is 0 Å². The van der Waals surface area contributed by atoms with Crippen molar-refractivity contribution in [2.45, 2.75) is 6.54 Å². The molecular formula is C25H19BrFN3O7. The molecule has 5 amide bonds. The fourth-order valence-electron chi connectivity index (χ4n) is 3.36. The van der Waals surface area contributed by atoms with Crippen molar-refractivity contribution in [3.05, 3.63) is 82.0 Å². The van der Waals surface area contributed by atoms with E-state index in [0.717, 1.165) is 4.90 Å². The van der Waals surface area contributed by atoms with E-state index >= 15 is 0 Å². The zero-order chi connectivity index (χ0) is 26.5. The average molecular weight is 572 g/mol. The van der Waals surface area contributed by atoms with Crippen LogP contribution >= 0.6 is 15.9 Å². The number of urea groups is 1. The number of halogens is 2. The molecule has 0 unspecified atom stereocenters. The van der Waals surface area contributed by atoms with Crippen LogP contribution in [0.3, 0.4) is 0 Å². The number of methoxy groups -OCH3 is 1. The molecule has 0 bridgehead atoms. The van der Waals surface area contributed by atoms with Gasteiger partial charge in [-0.05, 0) is 60.2 Å². The van der Waals surface area contributed by atoms with Crippen molar-refractivity contribution in [1.29, 1.82) is 0 Å². The summed E-state index contributed by atoms with van der Waals surface area (Å²) in [4.78, 5) is 50.7. The predicted molar refractivity (Wildman–Crippen MR) is 132 cm³/mol. The van der Waals surface area contributed by atoms with Crippen LogP contribution in [-0.2, 0) is 20.9 Å². The number of hydrogen-bond donors (Lipinski definition) is 2. The lowest BCUT2D eigenvalue weighted by Crippen LogP contribution is -2.53. The molecule has 190 valence electrons. The summed E-state index contributed by atoms with van der Waals surface area (Å²) in [6.45, 7) is -0.523. The summed E-state index contributed by atoms with van der Waals surface area (Å²) in [6.07, 6.45) is 2.71. The molecule has 1 saturated heterocycles. The highest BCUT2D eigenvalue weighted by atomic mass is 79.9. The van der Waals surface area contributed by atoms with Crippen LogP contribution in [0.2, 0.25) is 0 Å². The molecule has 1 aliphatic heterocycles. The Bertz CT molecular complexity index is 1390. The van der Waals surface area contributed by atoms with Crippen LogP contribution < -0.4 is 20.1 Å². The monoisotopic (exact) mass is 571 g/mol. The largest absolute Gasteiger partial charge is 0.493 e. The molecule has 12 heteroatoms. The number of imide groups is 2. The van der Waals surface area contributed by atoms with Crippen LogP contribution in [0.1, 0.15) is 11.3 Å². The molecule has 2 heterocycles. The van der Waals surface area contributed by atoms with Gasteiger partial charge in [0.05, 0.1) is 19.9 Å². The summed E-state index contributed by atoms with van der Waals surface area (Å²) >= 11 is 3.37. The molecule has 0 radical (unpaired) electrons. The highest BCUT2D eigenvalue weighted by Gasteiger charge is 2.36. The van der Waals surface area contributed by atoms with Crippen LogP contribution in [-0.4, -0.2) is 42.4 Å². The van der Waals surface area contributed by atoms with Gasteiger partial charge in [-0.1, -0.05) is 15.9 Å². The third-order valence-corrected chi connectivity index (χ3v) is 5.84. The number of benzene rings is 2. The fraction of sp³-hybridized carbons (Fsp3) is 0.120. The highest BCUT2D eigenvalue weighted by molar-refractivity contribution is 9.10. The first kappa shape index (κ1) is 25.6. The van der Waals surface area contributed by atoms with E-state index in [1.54, 1.807) is 12.1 Å². The normalized spacial score (nSPS) is 14.5. The molecule has 0 spiro atoms. The minimum atomic E-state index is -0.858. The summed E-state index contributed by atoms with van der Waals surface area (Å²) in [5.74, 6) is -1.77. The van der Waals surface area contributed by atoms with Crippen molar-refractivity contribution in [2.75, 3.05) is 19.0 Å². The Morgan fingerprint density at radius 3 is 2.59 bits per heavy atom. The van der Waals surface area contributed by atoms with Gasteiger partial charge in [0.1, 0.15) is 17.2 Å². The lowest BCUT2D eigenvalue weighted by atomic mass is 10.1. The van der Waals surface area contributed by atoms with E-state index in [1.807, 2.05) is 0 Å². The molecule has 2 N–H and O–H groups in total. The van der Waals surface area contributed by atoms with Crippen molar-refractivity contribution in [1.82, 2.24) is 10.2 Å². The Labute approximate surface area is 218 Å². The second kappa shape index (κ2) is 11.1. The van der Waals surface area contributed by atoms with Gasteiger partial charge in [-0.2, -0.15) is 0 Å². The van der Waals surface area contributed by atoms with Gasteiger partial charge in [-0.25, -0.2) is 9.18 Å². The number of rotatable bonds is 8. The number of carbonyl (C=O) groups excluding carboxylic acids is 4. The Morgan fingerprint density at radius 2 is 1.92 bits per heavy atom. The van der Waals surface area contributed by atoms with E-state index in [-0.39, 0.29) is 30.2 Å². The predicted octanol–water partition coefficient (Wildman–Crippen LogP) is 3.87. The number of furan rings is 1. The molecule has 37 heavy (non-hydrogen) atoms. The average Bonchev–Trinajstić information content (AvgIpc) is 3.39. The number of nitrogens with zero attached hydrogens (tertiary/aromatic N) is 1. The number of hydrogen-bond acceptors (Lipinski definition) is 7. The Kier molecular flexibility index (Phi) is 7.68. The quantitative estimate of drug-likeness (QED) is 0.310. The number of amides is 5. The van der Waals surface area contributed by atoms with E-state index in [2.05, 4.69) is 26.6 Å². The van der Waals surface area contributed by atoms with Gasteiger partial charge in [0.2, 0.25) is 0 Å². The Balaban J connectivity index is 1.51. The van der Waals surface area contributed by atoms with Gasteiger partial charge < -0.3 is 19.2 Å². The van der Waals surface area contributed by atoms with Crippen LogP contribution in [0.25, 0.3) is 6.08 Å². The smallest absolute Gasteiger partial charge is 0.331 e. The molecule has 1 aliphatic rings. The lowest BCUT2D eigenvalue weighted by molar-refractivity contribution is -0.130. The second-order valence-corrected chi connectivity index (χ2v) is 8.51. The fourth-order valence-corrected chi connectivity index (χ4v) is 3.80. The molecule has 1 fully saturated rings. The first-order valence-corrected chi connectivity index (χ1v) is 11.5. The lowest BCUT2D eigenvalue weighted by Gasteiger charge is -2.25. The molecule has 2 aromatic carbocycles. The van der Waals surface area contributed by atoms with Gasteiger partial charge in [0.15, 0.2) is 18.1 Å². The Hall–Kier alpha value is -4.45. The van der Waals surface area contributed by atoms with Crippen LogP contribution in [0, 0.1) is 5.82 Å². The van der Waals surface area contributed by atoms with Gasteiger partial charge >= 0.3 is 6.03 Å². The van der Waals surface area contributed by atoms with E-state index in [9.17, 15) is 23.6 Å². The van der Waals surface area contributed by atoms with Gasteiger partial charge in [-0.15, -0.1) is 0 Å². The third kappa shape index (κ3) is 6.04. The van der Waals surface area contributed by atoms with Gasteiger partial charge in [0, 0.05) is 10.2 Å². The maximum atomic E-state index is 13.0. The number of barbiturate groups is 1. The van der Waals surface area contributed by atoms with Crippen LogP contribution in [0.4, 0.5) is 14.9 Å². The molecule has 0 saturated carbocycles. The molecular weight excluding hydrogens is 553 g/mol. The zero-order valence-electron chi connectivity index (χ0n) is 19.2. The number of ether oxygens (including phenoxy) is 2. The SMILES string of the molecule is COc1cc(/C=C2\C(=O)NC(=O)N(Cc3ccco3)C2=O)c(Br)cc1OCC(=O)Nc1ccc(F)cc1. The van der Waals surface area contributed by atoms with E-state index < -0.39 is 29.6 Å².